The Balaban J connectivity index is 1.94. The fourth-order valence-corrected chi connectivity index (χ4v) is 3.47. The lowest BCUT2D eigenvalue weighted by Gasteiger charge is -2.34. The second-order valence-electron chi connectivity index (χ2n) is 6.76. The predicted octanol–water partition coefficient (Wildman–Crippen LogP) is 0.581. The van der Waals surface area contributed by atoms with Crippen LogP contribution in [0.2, 0.25) is 0 Å². The van der Waals surface area contributed by atoms with E-state index in [1.54, 1.807) is 13.1 Å². The summed E-state index contributed by atoms with van der Waals surface area (Å²) < 4.78 is 0. The van der Waals surface area contributed by atoms with Crippen LogP contribution >= 0.6 is 0 Å². The Morgan fingerprint density at radius 2 is 2.00 bits per heavy atom. The van der Waals surface area contributed by atoms with Gasteiger partial charge in [0.05, 0.1) is 18.0 Å². The molecule has 0 spiro atoms. The highest BCUT2D eigenvalue weighted by Gasteiger charge is 2.31. The number of pyridine rings is 1. The molecule has 1 aliphatic rings. The summed E-state index contributed by atoms with van der Waals surface area (Å²) in [7, 11) is 1.55. The highest BCUT2D eigenvalue weighted by Crippen LogP contribution is 2.19. The van der Waals surface area contributed by atoms with E-state index >= 15 is 0 Å². The second-order valence-corrected chi connectivity index (χ2v) is 6.76. The van der Waals surface area contributed by atoms with Gasteiger partial charge < -0.3 is 15.6 Å². The van der Waals surface area contributed by atoms with Gasteiger partial charge in [0.25, 0.3) is 0 Å². The van der Waals surface area contributed by atoms with Crippen LogP contribution in [-0.2, 0) is 16.1 Å². The normalized spacial score (nSPS) is 18.0. The van der Waals surface area contributed by atoms with E-state index in [-0.39, 0.29) is 23.7 Å². The largest absolute Gasteiger partial charge is 0.359 e. The molecule has 1 aliphatic heterocycles. The van der Waals surface area contributed by atoms with Crippen molar-refractivity contribution < 1.29 is 9.59 Å². The molecular weight excluding hydrogens is 332 g/mol. The van der Waals surface area contributed by atoms with Crippen LogP contribution in [-0.4, -0.2) is 47.9 Å². The Morgan fingerprint density at radius 1 is 1.27 bits per heavy atom. The van der Waals surface area contributed by atoms with Gasteiger partial charge in [-0.25, -0.2) is 0 Å². The number of hydrogen-bond acceptors (Lipinski definition) is 4. The molecule has 2 aromatic rings. The first-order valence-electron chi connectivity index (χ1n) is 8.75. The number of aryl methyl sites for hydroxylation is 2. The fourth-order valence-electron chi connectivity index (χ4n) is 3.47. The first-order valence-corrected chi connectivity index (χ1v) is 8.75. The van der Waals surface area contributed by atoms with Gasteiger partial charge in [-0.15, -0.1) is 0 Å². The number of aromatic amines is 1. The average Bonchev–Trinajstić information content (AvgIpc) is 2.60. The third-order valence-electron chi connectivity index (χ3n) is 4.93. The molecule has 0 radical (unpaired) electrons. The Kier molecular flexibility index (Phi) is 5.08. The van der Waals surface area contributed by atoms with Gasteiger partial charge in [-0.3, -0.25) is 19.3 Å². The summed E-state index contributed by atoms with van der Waals surface area (Å²) in [5.41, 5.74) is 3.49. The van der Waals surface area contributed by atoms with Gasteiger partial charge in [-0.2, -0.15) is 0 Å². The van der Waals surface area contributed by atoms with E-state index in [0.29, 0.717) is 25.0 Å². The molecule has 3 rings (SSSR count). The standard InChI is InChI=1S/C19H24N4O3/c1-11-4-5-12(2)18-17(11)15(24)8-13(22-18)10-23-7-6-21-19(26)14(23)9-16(25)20-3/h4-5,8,14H,6-7,9-10H2,1-3H3,(H,20,25)(H,21,26)(H,22,24)/t14-/m0/s1. The van der Waals surface area contributed by atoms with Crippen molar-refractivity contribution in [1.82, 2.24) is 20.5 Å². The third-order valence-corrected chi connectivity index (χ3v) is 4.93. The van der Waals surface area contributed by atoms with Crippen LogP contribution in [0.25, 0.3) is 10.9 Å². The molecule has 2 amide bonds. The molecule has 1 saturated heterocycles. The van der Waals surface area contributed by atoms with Crippen LogP contribution in [0.4, 0.5) is 0 Å². The lowest BCUT2D eigenvalue weighted by Crippen LogP contribution is -2.56. The van der Waals surface area contributed by atoms with Crippen LogP contribution in [0.5, 0.6) is 0 Å². The van der Waals surface area contributed by atoms with Crippen LogP contribution in [0.3, 0.4) is 0 Å². The van der Waals surface area contributed by atoms with E-state index < -0.39 is 6.04 Å². The van der Waals surface area contributed by atoms with Crippen LogP contribution in [0.1, 0.15) is 23.2 Å². The number of piperazine rings is 1. The van der Waals surface area contributed by atoms with E-state index in [4.69, 9.17) is 0 Å². The first kappa shape index (κ1) is 18.1. The van der Waals surface area contributed by atoms with E-state index in [9.17, 15) is 14.4 Å². The number of benzene rings is 1. The molecule has 7 nitrogen and oxygen atoms in total. The third kappa shape index (κ3) is 3.48. The Morgan fingerprint density at radius 3 is 2.73 bits per heavy atom. The number of amides is 2. The summed E-state index contributed by atoms with van der Waals surface area (Å²) in [6.45, 7) is 5.45. The molecule has 3 N–H and O–H groups in total. The zero-order valence-corrected chi connectivity index (χ0v) is 15.3. The molecule has 26 heavy (non-hydrogen) atoms. The lowest BCUT2D eigenvalue weighted by atomic mass is 10.0. The Labute approximate surface area is 151 Å². The molecule has 1 aromatic heterocycles. The number of hydrogen-bond donors (Lipinski definition) is 3. The Bertz CT molecular complexity index is 919. The minimum absolute atomic E-state index is 0.0285. The minimum Gasteiger partial charge on any atom is -0.359 e. The van der Waals surface area contributed by atoms with Crippen LogP contribution < -0.4 is 16.1 Å². The predicted molar refractivity (Wildman–Crippen MR) is 99.9 cm³/mol. The van der Waals surface area contributed by atoms with Gasteiger partial charge >= 0.3 is 0 Å². The lowest BCUT2D eigenvalue weighted by molar-refractivity contribution is -0.134. The van der Waals surface area contributed by atoms with E-state index in [0.717, 1.165) is 22.3 Å². The second kappa shape index (κ2) is 7.29. The van der Waals surface area contributed by atoms with E-state index in [1.165, 1.54) is 0 Å². The number of carbonyl (C=O) groups is 2. The minimum atomic E-state index is -0.540. The van der Waals surface area contributed by atoms with Gasteiger partial charge in [0.1, 0.15) is 0 Å². The molecule has 1 aromatic carbocycles. The molecule has 0 bridgehead atoms. The molecule has 2 heterocycles. The van der Waals surface area contributed by atoms with Crippen molar-refractivity contribution in [2.75, 3.05) is 20.1 Å². The van der Waals surface area contributed by atoms with Gasteiger partial charge in [0.15, 0.2) is 5.43 Å². The van der Waals surface area contributed by atoms with Crippen LogP contribution in [0, 0.1) is 13.8 Å². The monoisotopic (exact) mass is 356 g/mol. The van der Waals surface area contributed by atoms with Gasteiger partial charge in [0, 0.05) is 43.8 Å². The van der Waals surface area contributed by atoms with Crippen molar-refractivity contribution >= 4 is 22.7 Å². The average molecular weight is 356 g/mol. The van der Waals surface area contributed by atoms with E-state index in [1.807, 2.05) is 30.9 Å². The highest BCUT2D eigenvalue weighted by molar-refractivity contribution is 5.88. The van der Waals surface area contributed by atoms with Crippen molar-refractivity contribution in [3.63, 3.8) is 0 Å². The van der Waals surface area contributed by atoms with E-state index in [2.05, 4.69) is 15.6 Å². The zero-order valence-electron chi connectivity index (χ0n) is 15.3. The maximum Gasteiger partial charge on any atom is 0.237 e. The quantitative estimate of drug-likeness (QED) is 0.747. The number of carbonyl (C=O) groups excluding carboxylic acids is 2. The summed E-state index contributed by atoms with van der Waals surface area (Å²) in [4.78, 5) is 41.9. The maximum atomic E-state index is 12.6. The summed E-state index contributed by atoms with van der Waals surface area (Å²) in [5, 5.41) is 6.06. The number of fused-ring (bicyclic) bond motifs is 1. The zero-order chi connectivity index (χ0) is 18.8. The molecule has 0 saturated carbocycles. The Hall–Kier alpha value is -2.67. The van der Waals surface area contributed by atoms with Crippen molar-refractivity contribution in [3.05, 3.63) is 45.2 Å². The molecule has 0 unspecified atom stereocenters. The molecule has 1 fully saturated rings. The molecule has 1 atom stereocenters. The SMILES string of the molecule is CNC(=O)C[C@H]1C(=O)NCCN1Cc1cc(=O)c2c(C)ccc(C)c2[nH]1. The van der Waals surface area contributed by atoms with Gasteiger partial charge in [0.2, 0.25) is 11.8 Å². The molecule has 138 valence electrons. The van der Waals surface area contributed by atoms with Gasteiger partial charge in [-0.1, -0.05) is 12.1 Å². The number of rotatable bonds is 4. The van der Waals surface area contributed by atoms with Crippen molar-refractivity contribution in [3.8, 4) is 0 Å². The number of H-pyrrole nitrogens is 1. The topological polar surface area (TPSA) is 94.3 Å². The first-order chi connectivity index (χ1) is 12.4. The van der Waals surface area contributed by atoms with Crippen molar-refractivity contribution in [1.29, 1.82) is 0 Å². The summed E-state index contributed by atoms with van der Waals surface area (Å²) in [6, 6.07) is 4.99. The highest BCUT2D eigenvalue weighted by atomic mass is 16.2. The smallest absolute Gasteiger partial charge is 0.237 e. The van der Waals surface area contributed by atoms with Crippen LogP contribution in [0.15, 0.2) is 23.0 Å². The van der Waals surface area contributed by atoms with Gasteiger partial charge in [-0.05, 0) is 25.0 Å². The molecule has 7 heteroatoms. The summed E-state index contributed by atoms with van der Waals surface area (Å²) >= 11 is 0. The molecular formula is C19H24N4O3. The van der Waals surface area contributed by atoms with Crippen molar-refractivity contribution in [2.24, 2.45) is 0 Å². The maximum absolute atomic E-state index is 12.6. The summed E-state index contributed by atoms with van der Waals surface area (Å²) in [5.74, 6) is -0.342. The number of nitrogens with one attached hydrogen (secondary N) is 3. The summed E-state index contributed by atoms with van der Waals surface area (Å²) in [6.07, 6.45) is 0.0955. The van der Waals surface area contributed by atoms with Crippen molar-refractivity contribution in [2.45, 2.75) is 32.9 Å². The molecule has 0 aliphatic carbocycles. The fraction of sp³-hybridized carbons (Fsp3) is 0.421. The number of nitrogens with zero attached hydrogens (tertiary/aromatic N) is 1. The number of aromatic nitrogens is 1.